The number of nitrogens with zero attached hydrogens (tertiary/aromatic N) is 5. The lowest BCUT2D eigenvalue weighted by molar-refractivity contribution is -0.140. The standard InChI is InChI=1S/C17H23N7O2/c1-26-15(25)8-11-24-21-17(20-22-24)13-6-9-23(10-7-13)14-4-2-12(3-5-14)16(18)19/h2-5,13H,6-11H2,1H3,(H3,18,19). The number of nitrogens with one attached hydrogen (secondary N) is 1. The number of amidine groups is 1. The van der Waals surface area contributed by atoms with Crippen molar-refractivity contribution in [3.05, 3.63) is 35.7 Å². The Balaban J connectivity index is 1.54. The van der Waals surface area contributed by atoms with Crippen LogP contribution in [-0.2, 0) is 16.1 Å². The van der Waals surface area contributed by atoms with Crippen LogP contribution in [0, 0.1) is 5.41 Å². The zero-order valence-corrected chi connectivity index (χ0v) is 14.8. The number of carbonyl (C=O) groups excluding carboxylic acids is 1. The van der Waals surface area contributed by atoms with Crippen molar-refractivity contribution in [3.63, 3.8) is 0 Å². The summed E-state index contributed by atoms with van der Waals surface area (Å²) in [5.74, 6) is 0.806. The van der Waals surface area contributed by atoms with Crippen LogP contribution in [0.3, 0.4) is 0 Å². The molecule has 1 aliphatic heterocycles. The van der Waals surface area contributed by atoms with E-state index < -0.39 is 0 Å². The maximum absolute atomic E-state index is 11.2. The molecule has 1 saturated heterocycles. The fourth-order valence-electron chi connectivity index (χ4n) is 3.05. The second-order valence-electron chi connectivity index (χ2n) is 6.29. The minimum Gasteiger partial charge on any atom is -0.469 e. The molecule has 138 valence electrons. The normalized spacial score (nSPS) is 15.0. The van der Waals surface area contributed by atoms with Crippen LogP contribution >= 0.6 is 0 Å². The van der Waals surface area contributed by atoms with Gasteiger partial charge in [0.1, 0.15) is 5.84 Å². The van der Waals surface area contributed by atoms with E-state index in [4.69, 9.17) is 11.1 Å². The van der Waals surface area contributed by atoms with E-state index in [9.17, 15) is 4.79 Å². The van der Waals surface area contributed by atoms with Gasteiger partial charge in [0.25, 0.3) is 0 Å². The predicted octanol–water partition coefficient (Wildman–Crippen LogP) is 0.904. The topological polar surface area (TPSA) is 123 Å². The zero-order chi connectivity index (χ0) is 18.5. The molecule has 0 unspecified atom stereocenters. The highest BCUT2D eigenvalue weighted by Gasteiger charge is 2.24. The average Bonchev–Trinajstić information content (AvgIpc) is 3.15. The van der Waals surface area contributed by atoms with E-state index in [1.807, 2.05) is 24.3 Å². The largest absolute Gasteiger partial charge is 0.469 e. The highest BCUT2D eigenvalue weighted by molar-refractivity contribution is 5.95. The van der Waals surface area contributed by atoms with Crippen molar-refractivity contribution in [3.8, 4) is 0 Å². The number of tetrazole rings is 1. The second kappa shape index (κ2) is 7.94. The molecule has 1 aromatic carbocycles. The van der Waals surface area contributed by atoms with Crippen molar-refractivity contribution < 1.29 is 9.53 Å². The number of hydrogen-bond acceptors (Lipinski definition) is 7. The first-order valence-electron chi connectivity index (χ1n) is 8.60. The molecule has 1 aromatic heterocycles. The van der Waals surface area contributed by atoms with Gasteiger partial charge in [-0.25, -0.2) is 0 Å². The second-order valence-corrected chi connectivity index (χ2v) is 6.29. The molecule has 0 saturated carbocycles. The Kier molecular flexibility index (Phi) is 5.45. The van der Waals surface area contributed by atoms with Crippen molar-refractivity contribution >= 4 is 17.5 Å². The Morgan fingerprint density at radius 2 is 2.00 bits per heavy atom. The molecule has 3 N–H and O–H groups in total. The van der Waals surface area contributed by atoms with E-state index >= 15 is 0 Å². The van der Waals surface area contributed by atoms with Crippen LogP contribution < -0.4 is 10.6 Å². The summed E-state index contributed by atoms with van der Waals surface area (Å²) >= 11 is 0. The van der Waals surface area contributed by atoms with Crippen molar-refractivity contribution in [2.24, 2.45) is 5.73 Å². The molecule has 2 heterocycles. The zero-order valence-electron chi connectivity index (χ0n) is 14.8. The molecule has 0 bridgehead atoms. The van der Waals surface area contributed by atoms with Crippen LogP contribution in [0.1, 0.15) is 36.6 Å². The lowest BCUT2D eigenvalue weighted by atomic mass is 9.96. The van der Waals surface area contributed by atoms with E-state index in [0.29, 0.717) is 6.54 Å². The summed E-state index contributed by atoms with van der Waals surface area (Å²) < 4.78 is 4.62. The third-order valence-corrected chi connectivity index (χ3v) is 4.62. The molecule has 0 aliphatic carbocycles. The molecular weight excluding hydrogens is 334 g/mol. The summed E-state index contributed by atoms with van der Waals surface area (Å²) in [4.78, 5) is 15.0. The quantitative estimate of drug-likeness (QED) is 0.447. The van der Waals surface area contributed by atoms with E-state index in [1.54, 1.807) is 0 Å². The van der Waals surface area contributed by atoms with Gasteiger partial charge < -0.3 is 15.4 Å². The number of nitrogens with two attached hydrogens (primary N) is 1. The monoisotopic (exact) mass is 357 g/mol. The molecule has 9 heteroatoms. The van der Waals surface area contributed by atoms with Crippen molar-refractivity contribution in [1.82, 2.24) is 20.2 Å². The van der Waals surface area contributed by atoms with Crippen molar-refractivity contribution in [1.29, 1.82) is 5.41 Å². The SMILES string of the molecule is COC(=O)CCn1nnc(C2CCN(c3ccc(C(=N)N)cc3)CC2)n1. The summed E-state index contributed by atoms with van der Waals surface area (Å²) in [6.45, 7) is 2.18. The first-order chi connectivity index (χ1) is 12.6. The van der Waals surface area contributed by atoms with Gasteiger partial charge in [0.05, 0.1) is 20.1 Å². The number of esters is 1. The maximum Gasteiger partial charge on any atom is 0.307 e. The average molecular weight is 357 g/mol. The van der Waals surface area contributed by atoms with Crippen LogP contribution in [0.15, 0.2) is 24.3 Å². The Morgan fingerprint density at radius 1 is 1.31 bits per heavy atom. The van der Waals surface area contributed by atoms with Gasteiger partial charge in [-0.15, -0.1) is 10.2 Å². The summed E-state index contributed by atoms with van der Waals surface area (Å²) in [6.07, 6.45) is 2.12. The molecule has 1 fully saturated rings. The van der Waals surface area contributed by atoms with Gasteiger partial charge in [0.2, 0.25) is 0 Å². The molecular formula is C17H23N7O2. The van der Waals surface area contributed by atoms with Crippen LogP contribution in [0.2, 0.25) is 0 Å². The van der Waals surface area contributed by atoms with E-state index in [2.05, 4.69) is 25.0 Å². The van der Waals surface area contributed by atoms with Gasteiger partial charge in [-0.1, -0.05) is 0 Å². The third kappa shape index (κ3) is 4.16. The van der Waals surface area contributed by atoms with Gasteiger partial charge >= 0.3 is 5.97 Å². The van der Waals surface area contributed by atoms with E-state index in [1.165, 1.54) is 11.9 Å². The predicted molar refractivity (Wildman–Crippen MR) is 96.1 cm³/mol. The maximum atomic E-state index is 11.2. The minimum atomic E-state index is -0.284. The number of carbonyl (C=O) groups is 1. The number of nitrogen functional groups attached to an aromatic ring is 1. The number of hydrogen-bond donors (Lipinski definition) is 2. The van der Waals surface area contributed by atoms with Gasteiger partial charge in [0, 0.05) is 30.3 Å². The molecule has 0 amide bonds. The third-order valence-electron chi connectivity index (χ3n) is 4.62. The summed E-state index contributed by atoms with van der Waals surface area (Å²) in [6, 6.07) is 7.74. The van der Waals surface area contributed by atoms with Gasteiger partial charge in [-0.3, -0.25) is 10.2 Å². The number of aryl methyl sites for hydroxylation is 1. The highest BCUT2D eigenvalue weighted by atomic mass is 16.5. The van der Waals surface area contributed by atoms with Gasteiger partial charge in [0.15, 0.2) is 5.82 Å². The number of ether oxygens (including phenoxy) is 1. The van der Waals surface area contributed by atoms with Crippen LogP contribution in [0.4, 0.5) is 5.69 Å². The molecule has 0 atom stereocenters. The first-order valence-corrected chi connectivity index (χ1v) is 8.60. The number of aromatic nitrogens is 4. The first kappa shape index (κ1) is 17.8. The van der Waals surface area contributed by atoms with Gasteiger partial charge in [-0.05, 0) is 42.3 Å². The van der Waals surface area contributed by atoms with Gasteiger partial charge in [-0.2, -0.15) is 4.80 Å². The molecule has 1 aliphatic rings. The number of piperidine rings is 1. The number of methoxy groups -OCH3 is 1. The minimum absolute atomic E-state index is 0.0802. The number of anilines is 1. The molecule has 26 heavy (non-hydrogen) atoms. The van der Waals surface area contributed by atoms with Crippen LogP contribution in [-0.4, -0.2) is 52.2 Å². The Hall–Kier alpha value is -2.97. The van der Waals surface area contributed by atoms with Crippen LogP contribution in [0.5, 0.6) is 0 Å². The molecule has 2 aromatic rings. The van der Waals surface area contributed by atoms with E-state index in [0.717, 1.165) is 43.0 Å². The number of rotatable bonds is 6. The Bertz CT molecular complexity index is 764. The molecule has 0 spiro atoms. The summed E-state index contributed by atoms with van der Waals surface area (Å²) in [5, 5.41) is 20.0. The molecule has 9 nitrogen and oxygen atoms in total. The number of benzene rings is 1. The summed E-state index contributed by atoms with van der Waals surface area (Å²) in [5.41, 5.74) is 7.36. The fraction of sp³-hybridized carbons (Fsp3) is 0.471. The Labute approximate surface area is 151 Å². The summed E-state index contributed by atoms with van der Waals surface area (Å²) in [7, 11) is 1.37. The fourth-order valence-corrected chi connectivity index (χ4v) is 3.05. The molecule has 3 rings (SSSR count). The highest BCUT2D eigenvalue weighted by Crippen LogP contribution is 2.28. The molecule has 0 radical (unpaired) electrons. The Morgan fingerprint density at radius 3 is 2.62 bits per heavy atom. The van der Waals surface area contributed by atoms with Crippen LogP contribution in [0.25, 0.3) is 0 Å². The smallest absolute Gasteiger partial charge is 0.307 e. The van der Waals surface area contributed by atoms with E-state index in [-0.39, 0.29) is 24.1 Å². The van der Waals surface area contributed by atoms with Crippen molar-refractivity contribution in [2.75, 3.05) is 25.1 Å². The lowest BCUT2D eigenvalue weighted by Crippen LogP contribution is -2.33. The van der Waals surface area contributed by atoms with Crippen molar-refractivity contribution in [2.45, 2.75) is 31.7 Å². The lowest BCUT2D eigenvalue weighted by Gasteiger charge is -2.32.